The molecule has 0 unspecified atom stereocenters. The monoisotopic (exact) mass is 346 g/mol. The van der Waals surface area contributed by atoms with Crippen molar-refractivity contribution in [2.24, 2.45) is 11.8 Å². The fourth-order valence-electron chi connectivity index (χ4n) is 3.22. The Morgan fingerprint density at radius 1 is 1.12 bits per heavy atom. The summed E-state index contributed by atoms with van der Waals surface area (Å²) in [6.45, 7) is 0.310. The van der Waals surface area contributed by atoms with E-state index in [0.717, 1.165) is 36.9 Å². The third-order valence-electron chi connectivity index (χ3n) is 4.92. The van der Waals surface area contributed by atoms with E-state index < -0.39 is 0 Å². The molecule has 2 fully saturated rings. The molecule has 0 bridgehead atoms. The van der Waals surface area contributed by atoms with E-state index >= 15 is 0 Å². The highest BCUT2D eigenvalue weighted by atomic mass is 16.5. The average Bonchev–Trinajstić information content (AvgIpc) is 3.48. The molecule has 5 N–H and O–H groups in total. The molecule has 1 aromatic rings. The van der Waals surface area contributed by atoms with Crippen LogP contribution in [0.4, 0.5) is 4.79 Å². The molecule has 0 atom stereocenters. The van der Waals surface area contributed by atoms with Gasteiger partial charge in [-0.15, -0.1) is 0 Å². The number of nitrogens with two attached hydrogens (primary N) is 1. The van der Waals surface area contributed by atoms with Gasteiger partial charge in [0, 0.05) is 31.3 Å². The summed E-state index contributed by atoms with van der Waals surface area (Å²) in [7, 11) is 0. The second-order valence-electron chi connectivity index (χ2n) is 6.94. The number of hydrogen-bond acceptors (Lipinski definition) is 5. The minimum absolute atomic E-state index is 0. The molecule has 0 aromatic heterocycles. The second kappa shape index (κ2) is 8.76. The van der Waals surface area contributed by atoms with Gasteiger partial charge in [-0.2, -0.15) is 0 Å². The molecule has 0 radical (unpaired) electrons. The normalized spacial score (nSPS) is 23.6. The summed E-state index contributed by atoms with van der Waals surface area (Å²) in [5.74, 6) is 6.16. The molecule has 1 amide bonds. The number of nitrogens with one attached hydrogen (secondary N) is 3. The first-order chi connectivity index (χ1) is 12.2. The minimum atomic E-state index is -0.330. The zero-order valence-corrected chi connectivity index (χ0v) is 14.5. The number of ether oxygens (including phenoxy) is 1. The van der Waals surface area contributed by atoms with E-state index in [1.807, 2.05) is 36.5 Å². The molecule has 25 heavy (non-hydrogen) atoms. The maximum absolute atomic E-state index is 11.9. The van der Waals surface area contributed by atoms with Gasteiger partial charge in [0.1, 0.15) is 6.61 Å². The molecule has 138 valence electrons. The van der Waals surface area contributed by atoms with E-state index in [-0.39, 0.29) is 13.6 Å². The second-order valence-corrected chi connectivity index (χ2v) is 6.94. The number of hydrogen-bond donors (Lipinski definition) is 4. The Kier molecular flexibility index (Phi) is 6.17. The van der Waals surface area contributed by atoms with Crippen LogP contribution in [0.2, 0.25) is 0 Å². The number of benzene rings is 1. The van der Waals surface area contributed by atoms with Gasteiger partial charge in [-0.05, 0) is 44.1 Å². The van der Waals surface area contributed by atoms with Crippen LogP contribution in [-0.4, -0.2) is 18.2 Å². The van der Waals surface area contributed by atoms with Crippen LogP contribution in [0, 0.1) is 5.92 Å². The van der Waals surface area contributed by atoms with Crippen molar-refractivity contribution >= 4 is 6.09 Å². The SMILES string of the molecule is NN/C(=C\NC1CCC(NC(=O)OCc2ccccc2)CC1)C1CC1.[HH]. The van der Waals surface area contributed by atoms with Crippen molar-refractivity contribution in [3.63, 3.8) is 0 Å². The van der Waals surface area contributed by atoms with Crippen molar-refractivity contribution in [1.82, 2.24) is 16.1 Å². The van der Waals surface area contributed by atoms with Crippen LogP contribution < -0.4 is 21.9 Å². The lowest BCUT2D eigenvalue weighted by atomic mass is 9.91. The Balaban J connectivity index is 0.00000243. The van der Waals surface area contributed by atoms with Crippen molar-refractivity contribution in [3.05, 3.63) is 47.8 Å². The Labute approximate surface area is 150 Å². The highest BCUT2D eigenvalue weighted by Gasteiger charge is 2.26. The molecule has 1 aromatic carbocycles. The Hall–Kier alpha value is -2.21. The molecular formula is C19H30N4O2. The predicted molar refractivity (Wildman–Crippen MR) is 99.2 cm³/mol. The first-order valence-corrected chi connectivity index (χ1v) is 9.14. The quantitative estimate of drug-likeness (QED) is 0.450. The highest BCUT2D eigenvalue weighted by molar-refractivity contribution is 5.67. The fraction of sp³-hybridized carbons (Fsp3) is 0.526. The van der Waals surface area contributed by atoms with Gasteiger partial charge in [-0.25, -0.2) is 4.79 Å². The van der Waals surface area contributed by atoms with Crippen LogP contribution in [0.25, 0.3) is 0 Å². The van der Waals surface area contributed by atoms with Crippen LogP contribution >= 0.6 is 0 Å². The first-order valence-electron chi connectivity index (χ1n) is 9.14. The van der Waals surface area contributed by atoms with Gasteiger partial charge in [0.2, 0.25) is 0 Å². The van der Waals surface area contributed by atoms with Crippen LogP contribution in [0.5, 0.6) is 0 Å². The Morgan fingerprint density at radius 3 is 2.44 bits per heavy atom. The topological polar surface area (TPSA) is 88.4 Å². The number of rotatable bonds is 7. The number of alkyl carbamates (subject to hydrolysis) is 1. The van der Waals surface area contributed by atoms with Crippen molar-refractivity contribution in [3.8, 4) is 0 Å². The van der Waals surface area contributed by atoms with Gasteiger partial charge in [-0.3, -0.25) is 5.84 Å². The van der Waals surface area contributed by atoms with Gasteiger partial charge in [0.15, 0.2) is 0 Å². The number of amides is 1. The van der Waals surface area contributed by atoms with E-state index in [1.165, 1.54) is 12.8 Å². The third kappa shape index (κ3) is 5.67. The predicted octanol–water partition coefficient (Wildman–Crippen LogP) is 2.77. The Bertz CT molecular complexity index is 584. The maximum atomic E-state index is 11.9. The van der Waals surface area contributed by atoms with Crippen molar-refractivity contribution in [2.75, 3.05) is 0 Å². The van der Waals surface area contributed by atoms with E-state index in [1.54, 1.807) is 0 Å². The number of carbonyl (C=O) groups excluding carboxylic acids is 1. The summed E-state index contributed by atoms with van der Waals surface area (Å²) in [5, 5.41) is 6.44. The molecule has 6 nitrogen and oxygen atoms in total. The molecule has 0 spiro atoms. The molecule has 2 aliphatic rings. The van der Waals surface area contributed by atoms with Crippen molar-refractivity contribution < 1.29 is 11.0 Å². The minimum Gasteiger partial charge on any atom is -0.445 e. The van der Waals surface area contributed by atoms with E-state index in [9.17, 15) is 4.79 Å². The number of allylic oxidation sites excluding steroid dienone is 1. The molecule has 0 heterocycles. The highest BCUT2D eigenvalue weighted by Crippen LogP contribution is 2.34. The van der Waals surface area contributed by atoms with E-state index in [2.05, 4.69) is 16.1 Å². The number of hydrazine groups is 1. The van der Waals surface area contributed by atoms with Gasteiger partial charge in [0.25, 0.3) is 0 Å². The summed E-state index contributed by atoms with van der Waals surface area (Å²) in [4.78, 5) is 11.9. The summed E-state index contributed by atoms with van der Waals surface area (Å²) in [6.07, 6.45) is 8.12. The van der Waals surface area contributed by atoms with Crippen molar-refractivity contribution in [2.45, 2.75) is 57.2 Å². The molecule has 2 aliphatic carbocycles. The van der Waals surface area contributed by atoms with Gasteiger partial charge < -0.3 is 20.8 Å². The number of carbonyl (C=O) groups is 1. The first kappa shape index (κ1) is 17.6. The largest absolute Gasteiger partial charge is 0.445 e. The molecule has 2 saturated carbocycles. The summed E-state index contributed by atoms with van der Waals surface area (Å²) in [5.41, 5.74) is 4.89. The van der Waals surface area contributed by atoms with Crippen LogP contribution in [-0.2, 0) is 11.3 Å². The summed E-state index contributed by atoms with van der Waals surface area (Å²) < 4.78 is 5.29. The van der Waals surface area contributed by atoms with Gasteiger partial charge in [0.05, 0.1) is 0 Å². The molecule has 6 heteroatoms. The Morgan fingerprint density at radius 2 is 1.80 bits per heavy atom. The summed E-state index contributed by atoms with van der Waals surface area (Å²) >= 11 is 0. The van der Waals surface area contributed by atoms with Crippen LogP contribution in [0.1, 0.15) is 45.5 Å². The smallest absolute Gasteiger partial charge is 0.407 e. The van der Waals surface area contributed by atoms with Crippen LogP contribution in [0.15, 0.2) is 42.2 Å². The summed E-state index contributed by atoms with van der Waals surface area (Å²) in [6, 6.07) is 10.4. The molecule has 3 rings (SSSR count). The maximum Gasteiger partial charge on any atom is 0.407 e. The third-order valence-corrected chi connectivity index (χ3v) is 4.92. The van der Waals surface area contributed by atoms with Crippen LogP contribution in [0.3, 0.4) is 0 Å². The standard InChI is InChI=1S/C19H28N4O2.H2/c20-23-18(15-6-7-15)12-21-16-8-10-17(11-9-16)22-19(24)25-13-14-4-2-1-3-5-14;/h1-5,12,15-17,21,23H,6-11,13,20H2,(H,22,24);1H/b18-12-;. The van der Waals surface area contributed by atoms with Crippen molar-refractivity contribution in [1.29, 1.82) is 0 Å². The lowest BCUT2D eigenvalue weighted by Gasteiger charge is -2.29. The molecule has 0 saturated heterocycles. The van der Waals surface area contributed by atoms with E-state index in [4.69, 9.17) is 10.6 Å². The average molecular weight is 346 g/mol. The zero-order chi connectivity index (χ0) is 17.5. The lowest BCUT2D eigenvalue weighted by molar-refractivity contribution is 0.132. The lowest BCUT2D eigenvalue weighted by Crippen LogP contribution is -2.41. The fourth-order valence-corrected chi connectivity index (χ4v) is 3.22. The zero-order valence-electron chi connectivity index (χ0n) is 14.5. The van der Waals surface area contributed by atoms with Gasteiger partial charge >= 0.3 is 6.09 Å². The van der Waals surface area contributed by atoms with Gasteiger partial charge in [-0.1, -0.05) is 30.3 Å². The van der Waals surface area contributed by atoms with E-state index in [0.29, 0.717) is 18.6 Å². The molecule has 0 aliphatic heterocycles. The molecular weight excluding hydrogens is 316 g/mol.